The van der Waals surface area contributed by atoms with Crippen LogP contribution >= 0.6 is 0 Å². The molecule has 0 radical (unpaired) electrons. The number of aromatic amines is 1. The summed E-state index contributed by atoms with van der Waals surface area (Å²) in [4.78, 5) is 40.3. The number of carbonyl (C=O) groups excluding carboxylic acids is 3. The Bertz CT molecular complexity index is 949. The van der Waals surface area contributed by atoms with Gasteiger partial charge in [0.05, 0.1) is 17.3 Å². The quantitative estimate of drug-likeness (QED) is 0.679. The van der Waals surface area contributed by atoms with Crippen LogP contribution < -0.4 is 10.6 Å². The number of hydrogen-bond donors (Lipinski definition) is 3. The maximum absolute atomic E-state index is 13.2. The van der Waals surface area contributed by atoms with Crippen LogP contribution in [0.5, 0.6) is 0 Å². The van der Waals surface area contributed by atoms with E-state index in [9.17, 15) is 14.4 Å². The zero-order valence-electron chi connectivity index (χ0n) is 16.8. The number of nitrogens with one attached hydrogen (secondary N) is 3. The number of fused-ring (bicyclic) bond motifs is 1. The van der Waals surface area contributed by atoms with Crippen molar-refractivity contribution < 1.29 is 14.4 Å². The molecule has 2 aliphatic rings. The summed E-state index contributed by atoms with van der Waals surface area (Å²) in [5.74, 6) is -0.234. The van der Waals surface area contributed by atoms with Crippen LogP contribution in [-0.4, -0.2) is 59.0 Å². The first kappa shape index (κ1) is 19.4. The van der Waals surface area contributed by atoms with Crippen LogP contribution in [0.25, 0.3) is 10.9 Å². The Morgan fingerprint density at radius 2 is 2.07 bits per heavy atom. The first-order valence-electron chi connectivity index (χ1n) is 10.2. The Morgan fingerprint density at radius 1 is 1.28 bits per heavy atom. The van der Waals surface area contributed by atoms with Crippen LogP contribution in [0.15, 0.2) is 24.4 Å². The smallest absolute Gasteiger partial charge is 0.252 e. The lowest BCUT2D eigenvalue weighted by Gasteiger charge is -2.45. The molecule has 0 bridgehead atoms. The first-order valence-corrected chi connectivity index (χ1v) is 10.2. The number of likely N-dealkylation sites (tertiary alicyclic amines) is 1. The molecule has 1 aromatic heterocycles. The van der Waals surface area contributed by atoms with Gasteiger partial charge in [0.1, 0.15) is 5.41 Å². The predicted octanol–water partition coefficient (Wildman–Crippen LogP) is 1.45. The molecule has 2 atom stereocenters. The Hall–Kier alpha value is -2.90. The van der Waals surface area contributed by atoms with Gasteiger partial charge in [-0.3, -0.25) is 19.5 Å². The molecule has 1 saturated carbocycles. The SMILES string of the molecule is CNC(=O)C1(C(=O)N2CCC(C)C(NC(=O)c3cccc4[nH]ncc34)C2)CCC1. The topological polar surface area (TPSA) is 107 Å². The molecule has 1 aliphatic heterocycles. The van der Waals surface area contributed by atoms with E-state index in [1.807, 2.05) is 12.1 Å². The summed E-state index contributed by atoms with van der Waals surface area (Å²) in [6.07, 6.45) is 4.51. The largest absolute Gasteiger partial charge is 0.358 e. The van der Waals surface area contributed by atoms with Crippen LogP contribution in [0.3, 0.4) is 0 Å². The van der Waals surface area contributed by atoms with Gasteiger partial charge in [0.25, 0.3) is 5.91 Å². The summed E-state index contributed by atoms with van der Waals surface area (Å²) in [7, 11) is 1.58. The highest BCUT2D eigenvalue weighted by Gasteiger charge is 2.52. The molecule has 2 unspecified atom stereocenters. The molecule has 2 aromatic rings. The fraction of sp³-hybridized carbons (Fsp3) is 0.524. The third kappa shape index (κ3) is 3.26. The van der Waals surface area contributed by atoms with Gasteiger partial charge in [0, 0.05) is 31.6 Å². The predicted molar refractivity (Wildman–Crippen MR) is 108 cm³/mol. The van der Waals surface area contributed by atoms with Gasteiger partial charge in [-0.15, -0.1) is 0 Å². The van der Waals surface area contributed by atoms with E-state index >= 15 is 0 Å². The number of nitrogens with zero attached hydrogens (tertiary/aromatic N) is 2. The van der Waals surface area contributed by atoms with E-state index in [1.54, 1.807) is 24.2 Å². The number of carbonyl (C=O) groups is 3. The second kappa shape index (κ2) is 7.50. The minimum Gasteiger partial charge on any atom is -0.358 e. The molecule has 8 heteroatoms. The van der Waals surface area contributed by atoms with Gasteiger partial charge in [0.2, 0.25) is 11.8 Å². The van der Waals surface area contributed by atoms with E-state index in [-0.39, 0.29) is 29.7 Å². The molecule has 4 rings (SSSR count). The Kier molecular flexibility index (Phi) is 5.02. The van der Waals surface area contributed by atoms with Crippen molar-refractivity contribution in [2.24, 2.45) is 11.3 Å². The van der Waals surface area contributed by atoms with Gasteiger partial charge < -0.3 is 15.5 Å². The van der Waals surface area contributed by atoms with Crippen molar-refractivity contribution in [3.63, 3.8) is 0 Å². The van der Waals surface area contributed by atoms with Gasteiger partial charge in [-0.05, 0) is 37.3 Å². The van der Waals surface area contributed by atoms with Crippen molar-refractivity contribution in [3.8, 4) is 0 Å². The molecule has 1 aromatic carbocycles. The normalized spacial score (nSPS) is 23.3. The highest BCUT2D eigenvalue weighted by Crippen LogP contribution is 2.43. The highest BCUT2D eigenvalue weighted by molar-refractivity contribution is 6.07. The van der Waals surface area contributed by atoms with E-state index in [2.05, 4.69) is 27.8 Å². The third-order valence-electron chi connectivity index (χ3n) is 6.57. The molecule has 2 fully saturated rings. The van der Waals surface area contributed by atoms with Gasteiger partial charge in [-0.2, -0.15) is 5.10 Å². The molecule has 0 spiro atoms. The summed E-state index contributed by atoms with van der Waals surface area (Å²) in [5, 5.41) is 13.4. The summed E-state index contributed by atoms with van der Waals surface area (Å²) >= 11 is 0. The van der Waals surface area contributed by atoms with E-state index < -0.39 is 5.41 Å². The van der Waals surface area contributed by atoms with Crippen LogP contribution in [0, 0.1) is 11.3 Å². The second-order valence-corrected chi connectivity index (χ2v) is 8.25. The van der Waals surface area contributed by atoms with E-state index in [1.165, 1.54) is 0 Å². The average molecular weight is 397 g/mol. The lowest BCUT2D eigenvalue weighted by atomic mass is 9.66. The van der Waals surface area contributed by atoms with E-state index in [0.717, 1.165) is 23.7 Å². The number of H-pyrrole nitrogens is 1. The third-order valence-corrected chi connectivity index (χ3v) is 6.57. The minimum absolute atomic E-state index is 0.105. The number of aromatic nitrogens is 2. The zero-order chi connectivity index (χ0) is 20.6. The van der Waals surface area contributed by atoms with Crippen molar-refractivity contribution in [1.82, 2.24) is 25.7 Å². The molecular weight excluding hydrogens is 370 g/mol. The molecule has 8 nitrogen and oxygen atoms in total. The Balaban J connectivity index is 1.49. The minimum atomic E-state index is -0.924. The van der Waals surface area contributed by atoms with Gasteiger partial charge in [-0.25, -0.2) is 0 Å². The van der Waals surface area contributed by atoms with Crippen LogP contribution in [0.2, 0.25) is 0 Å². The molecule has 3 N–H and O–H groups in total. The molecule has 3 amide bonds. The first-order chi connectivity index (χ1) is 14.0. The molecular formula is C21H27N5O3. The van der Waals surface area contributed by atoms with Crippen molar-refractivity contribution in [1.29, 1.82) is 0 Å². The number of piperidine rings is 1. The number of amides is 3. The average Bonchev–Trinajstić information content (AvgIpc) is 3.17. The van der Waals surface area contributed by atoms with Crippen molar-refractivity contribution in [2.45, 2.75) is 38.6 Å². The van der Waals surface area contributed by atoms with Gasteiger partial charge >= 0.3 is 0 Å². The number of rotatable bonds is 4. The fourth-order valence-corrected chi connectivity index (χ4v) is 4.46. The van der Waals surface area contributed by atoms with Gasteiger partial charge in [0.15, 0.2) is 0 Å². The lowest BCUT2D eigenvalue weighted by Crippen LogP contribution is -2.60. The Labute approximate surface area is 169 Å². The van der Waals surface area contributed by atoms with Crippen LogP contribution in [0.1, 0.15) is 43.0 Å². The van der Waals surface area contributed by atoms with Crippen molar-refractivity contribution in [2.75, 3.05) is 20.1 Å². The number of hydrogen-bond acceptors (Lipinski definition) is 4. The Morgan fingerprint density at radius 3 is 2.76 bits per heavy atom. The summed E-state index contributed by atoms with van der Waals surface area (Å²) in [6.45, 7) is 3.12. The monoisotopic (exact) mass is 397 g/mol. The second-order valence-electron chi connectivity index (χ2n) is 8.25. The van der Waals surface area contributed by atoms with Gasteiger partial charge in [-0.1, -0.05) is 19.4 Å². The van der Waals surface area contributed by atoms with E-state index in [0.29, 0.717) is 31.5 Å². The maximum atomic E-state index is 13.2. The van der Waals surface area contributed by atoms with Crippen LogP contribution in [0.4, 0.5) is 0 Å². The highest BCUT2D eigenvalue weighted by atomic mass is 16.2. The summed E-state index contributed by atoms with van der Waals surface area (Å²) < 4.78 is 0. The molecule has 29 heavy (non-hydrogen) atoms. The molecule has 1 saturated heterocycles. The lowest BCUT2D eigenvalue weighted by molar-refractivity contribution is -0.158. The molecule has 2 heterocycles. The zero-order valence-corrected chi connectivity index (χ0v) is 16.8. The maximum Gasteiger partial charge on any atom is 0.252 e. The van der Waals surface area contributed by atoms with Crippen LogP contribution in [-0.2, 0) is 9.59 Å². The summed E-state index contributed by atoms with van der Waals surface area (Å²) in [6, 6.07) is 5.31. The fourth-order valence-electron chi connectivity index (χ4n) is 4.46. The number of benzene rings is 1. The molecule has 1 aliphatic carbocycles. The van der Waals surface area contributed by atoms with Crippen molar-refractivity contribution >= 4 is 28.6 Å². The van der Waals surface area contributed by atoms with Crippen molar-refractivity contribution in [3.05, 3.63) is 30.0 Å². The summed E-state index contributed by atoms with van der Waals surface area (Å²) in [5.41, 5.74) is 0.447. The van der Waals surface area contributed by atoms with E-state index in [4.69, 9.17) is 0 Å². The molecule has 154 valence electrons. The standard InChI is InChI=1S/C21H27N5O3/c1-13-7-10-26(20(29)21(8-4-9-21)19(28)22-2)12-17(13)24-18(27)14-5-3-6-16-15(14)11-23-25-16/h3,5-6,11,13,17H,4,7-10,12H2,1-2H3,(H,22,28)(H,23,25)(H,24,27).